The van der Waals surface area contributed by atoms with E-state index in [0.717, 1.165) is 61.7 Å². The smallest absolute Gasteiger partial charge is 0.138 e. The van der Waals surface area contributed by atoms with E-state index in [4.69, 9.17) is 0 Å². The first-order valence-corrected chi connectivity index (χ1v) is 9.90. The zero-order chi connectivity index (χ0) is 20.9. The fourth-order valence-corrected chi connectivity index (χ4v) is 3.93. The maximum Gasteiger partial charge on any atom is 0.138 e. The Hall–Kier alpha value is -4.33. The van der Waals surface area contributed by atoms with Crippen molar-refractivity contribution in [2.24, 2.45) is 7.05 Å². The van der Waals surface area contributed by atoms with Crippen LogP contribution < -0.4 is 0 Å². The molecule has 0 aliphatic heterocycles. The van der Waals surface area contributed by atoms with Crippen molar-refractivity contribution < 1.29 is 0 Å². The quantitative estimate of drug-likeness (QED) is 0.457. The summed E-state index contributed by atoms with van der Waals surface area (Å²) in [4.78, 5) is 21.2. The minimum atomic E-state index is 0.809. The minimum Gasteiger partial charge on any atom is -0.338 e. The van der Waals surface area contributed by atoms with Crippen LogP contribution >= 0.6 is 0 Å². The van der Waals surface area contributed by atoms with E-state index >= 15 is 0 Å². The normalized spacial score (nSPS) is 11.5. The van der Waals surface area contributed by atoms with Crippen molar-refractivity contribution >= 4 is 21.9 Å². The maximum atomic E-state index is 4.59. The summed E-state index contributed by atoms with van der Waals surface area (Å²) < 4.78 is 2.03. The number of imidazole rings is 1. The van der Waals surface area contributed by atoms with E-state index in [2.05, 4.69) is 41.2 Å². The first-order valence-electron chi connectivity index (χ1n) is 9.90. The van der Waals surface area contributed by atoms with Crippen LogP contribution in [0.4, 0.5) is 0 Å². The molecule has 6 aromatic heterocycles. The Morgan fingerprint density at radius 1 is 0.935 bits per heavy atom. The number of hydrogen-bond acceptors (Lipinski definition) is 5. The van der Waals surface area contributed by atoms with Gasteiger partial charge >= 0.3 is 0 Å². The number of nitrogens with zero attached hydrogens (tertiary/aromatic N) is 6. The fourth-order valence-electron chi connectivity index (χ4n) is 3.93. The van der Waals surface area contributed by atoms with E-state index in [1.807, 2.05) is 61.4 Å². The second-order valence-electron chi connectivity index (χ2n) is 7.48. The molecule has 0 aliphatic rings. The molecule has 0 radical (unpaired) electrons. The number of hydrogen-bond donors (Lipinski definition) is 2. The number of rotatable bonds is 3. The lowest BCUT2D eigenvalue weighted by atomic mass is 10.1. The van der Waals surface area contributed by atoms with Crippen molar-refractivity contribution in [2.75, 3.05) is 0 Å². The standard InChI is InChI=1S/C23H18N8/c1-13-26-12-21(31(13)2)18-9-17-20(11-27-18)29-30-22(17)19-8-16-15(5-7-25-23(16)28-19)14-4-3-6-24-10-14/h3-12H,1-2H3,(H,25,28)(H,29,30). The molecule has 6 rings (SSSR count). The minimum absolute atomic E-state index is 0.809. The molecule has 8 heteroatoms. The van der Waals surface area contributed by atoms with Crippen molar-refractivity contribution in [2.45, 2.75) is 6.92 Å². The Morgan fingerprint density at radius 3 is 2.68 bits per heavy atom. The topological polar surface area (TPSA) is 101 Å². The van der Waals surface area contributed by atoms with E-state index in [1.165, 1.54) is 0 Å². The summed E-state index contributed by atoms with van der Waals surface area (Å²) in [5.74, 6) is 0.939. The fraction of sp³-hybridized carbons (Fsp3) is 0.0870. The van der Waals surface area contributed by atoms with Crippen LogP contribution in [0.3, 0.4) is 0 Å². The van der Waals surface area contributed by atoms with Gasteiger partial charge in [0.05, 0.1) is 35.0 Å². The number of aromatic amines is 2. The molecule has 0 amide bonds. The molecule has 0 bridgehead atoms. The van der Waals surface area contributed by atoms with E-state index in [0.29, 0.717) is 0 Å². The number of nitrogens with one attached hydrogen (secondary N) is 2. The molecule has 0 atom stereocenters. The van der Waals surface area contributed by atoms with Gasteiger partial charge in [0.15, 0.2) is 0 Å². The van der Waals surface area contributed by atoms with Gasteiger partial charge in [0.25, 0.3) is 0 Å². The van der Waals surface area contributed by atoms with Crippen LogP contribution in [-0.4, -0.2) is 39.7 Å². The van der Waals surface area contributed by atoms with Gasteiger partial charge in [0.2, 0.25) is 0 Å². The third kappa shape index (κ3) is 2.72. The first-order chi connectivity index (χ1) is 15.2. The van der Waals surface area contributed by atoms with Crippen LogP contribution in [0.15, 0.2) is 61.3 Å². The van der Waals surface area contributed by atoms with Gasteiger partial charge in [-0.15, -0.1) is 0 Å². The highest BCUT2D eigenvalue weighted by Crippen LogP contribution is 2.33. The lowest BCUT2D eigenvalue weighted by Gasteiger charge is -2.03. The van der Waals surface area contributed by atoms with Crippen LogP contribution in [0.25, 0.3) is 55.8 Å². The highest BCUT2D eigenvalue weighted by Gasteiger charge is 2.16. The van der Waals surface area contributed by atoms with E-state index in [9.17, 15) is 0 Å². The predicted octanol–water partition coefficient (Wildman–Crippen LogP) is 4.27. The number of aryl methyl sites for hydroxylation is 1. The van der Waals surface area contributed by atoms with Crippen molar-refractivity contribution in [3.8, 4) is 33.9 Å². The van der Waals surface area contributed by atoms with E-state index in [1.54, 1.807) is 12.4 Å². The van der Waals surface area contributed by atoms with Crippen molar-refractivity contribution in [1.82, 2.24) is 39.7 Å². The van der Waals surface area contributed by atoms with Gasteiger partial charge in [0.1, 0.15) is 17.2 Å². The predicted molar refractivity (Wildman–Crippen MR) is 119 cm³/mol. The molecule has 8 nitrogen and oxygen atoms in total. The molecule has 0 unspecified atom stereocenters. The molecule has 0 saturated heterocycles. The van der Waals surface area contributed by atoms with Gasteiger partial charge in [-0.05, 0) is 36.8 Å². The van der Waals surface area contributed by atoms with Crippen LogP contribution in [-0.2, 0) is 7.05 Å². The van der Waals surface area contributed by atoms with Crippen LogP contribution in [0, 0.1) is 6.92 Å². The van der Waals surface area contributed by atoms with Crippen LogP contribution in [0.5, 0.6) is 0 Å². The number of aromatic nitrogens is 8. The van der Waals surface area contributed by atoms with Gasteiger partial charge in [-0.1, -0.05) is 6.07 Å². The highest BCUT2D eigenvalue weighted by atomic mass is 15.1. The average molecular weight is 406 g/mol. The molecule has 0 aliphatic carbocycles. The Morgan fingerprint density at radius 2 is 1.87 bits per heavy atom. The summed E-state index contributed by atoms with van der Waals surface area (Å²) in [7, 11) is 1.99. The van der Waals surface area contributed by atoms with Crippen LogP contribution in [0.1, 0.15) is 5.82 Å². The molecule has 0 aromatic carbocycles. The third-order valence-corrected chi connectivity index (χ3v) is 5.69. The van der Waals surface area contributed by atoms with Crippen molar-refractivity contribution in [3.05, 3.63) is 67.1 Å². The molecule has 2 N–H and O–H groups in total. The lowest BCUT2D eigenvalue weighted by Crippen LogP contribution is -1.95. The van der Waals surface area contributed by atoms with Gasteiger partial charge in [0, 0.05) is 42.0 Å². The molecule has 0 fully saturated rings. The van der Waals surface area contributed by atoms with Crippen molar-refractivity contribution in [1.29, 1.82) is 0 Å². The summed E-state index contributed by atoms with van der Waals surface area (Å²) in [6, 6.07) is 10.1. The van der Waals surface area contributed by atoms with E-state index < -0.39 is 0 Å². The van der Waals surface area contributed by atoms with Crippen LogP contribution in [0.2, 0.25) is 0 Å². The number of H-pyrrole nitrogens is 2. The van der Waals surface area contributed by atoms with E-state index in [-0.39, 0.29) is 0 Å². The summed E-state index contributed by atoms with van der Waals surface area (Å²) in [5.41, 5.74) is 7.34. The molecule has 31 heavy (non-hydrogen) atoms. The lowest BCUT2D eigenvalue weighted by molar-refractivity contribution is 0.862. The number of pyridine rings is 3. The van der Waals surface area contributed by atoms with Gasteiger partial charge in [-0.3, -0.25) is 15.1 Å². The zero-order valence-electron chi connectivity index (χ0n) is 17.0. The number of fused-ring (bicyclic) bond motifs is 2. The summed E-state index contributed by atoms with van der Waals surface area (Å²) >= 11 is 0. The Balaban J connectivity index is 1.52. The molecule has 6 aromatic rings. The summed E-state index contributed by atoms with van der Waals surface area (Å²) in [6.45, 7) is 1.97. The Labute approximate surface area is 177 Å². The zero-order valence-corrected chi connectivity index (χ0v) is 17.0. The van der Waals surface area contributed by atoms with Crippen molar-refractivity contribution in [3.63, 3.8) is 0 Å². The maximum absolute atomic E-state index is 4.59. The van der Waals surface area contributed by atoms with Gasteiger partial charge in [-0.2, -0.15) is 5.10 Å². The molecule has 0 saturated carbocycles. The molecular formula is C23H18N8. The molecular weight excluding hydrogens is 388 g/mol. The Kier molecular flexibility index (Phi) is 3.73. The largest absolute Gasteiger partial charge is 0.338 e. The molecule has 0 spiro atoms. The highest BCUT2D eigenvalue weighted by molar-refractivity contribution is 6.00. The molecule has 150 valence electrons. The van der Waals surface area contributed by atoms with Gasteiger partial charge < -0.3 is 9.55 Å². The molecule has 6 heterocycles. The second-order valence-corrected chi connectivity index (χ2v) is 7.48. The summed E-state index contributed by atoms with van der Waals surface area (Å²) in [6.07, 6.45) is 9.09. The third-order valence-electron chi connectivity index (χ3n) is 5.69. The monoisotopic (exact) mass is 406 g/mol. The SMILES string of the molecule is Cc1ncc(-c2cc3c(-c4cc5c(-c6cccnc6)ccnc5[nH]4)n[nH]c3cn2)n1C. The second kappa shape index (κ2) is 6.60. The average Bonchev–Trinajstić information content (AvgIpc) is 3.50. The summed E-state index contributed by atoms with van der Waals surface area (Å²) in [5, 5.41) is 9.67. The first kappa shape index (κ1) is 17.5. The van der Waals surface area contributed by atoms with Gasteiger partial charge in [-0.25, -0.2) is 9.97 Å². The Bertz CT molecular complexity index is 1560.